The lowest BCUT2D eigenvalue weighted by Gasteiger charge is -2.11. The third-order valence-electron chi connectivity index (χ3n) is 3.73. The molecule has 0 heterocycles. The standard InChI is InChI=1S/C20H19NO4S/c1-15-7-13-18(14-8-15)26(22,23)21-16-9-11-17(12-10-16)25-20-6-4-3-5-19(20)24-2/h3-14,21H,1-2H3. The third-order valence-corrected chi connectivity index (χ3v) is 5.13. The number of nitrogens with one attached hydrogen (secondary N) is 1. The Morgan fingerprint density at radius 1 is 0.808 bits per heavy atom. The molecule has 5 nitrogen and oxygen atoms in total. The monoisotopic (exact) mass is 369 g/mol. The van der Waals surface area contributed by atoms with Crippen LogP contribution in [0.1, 0.15) is 5.56 Å². The molecule has 0 saturated carbocycles. The number of aryl methyl sites for hydroxylation is 1. The molecular formula is C20H19NO4S. The van der Waals surface area contributed by atoms with E-state index in [1.54, 1.807) is 67.8 Å². The van der Waals surface area contributed by atoms with E-state index >= 15 is 0 Å². The first-order valence-electron chi connectivity index (χ1n) is 7.98. The Balaban J connectivity index is 1.74. The van der Waals surface area contributed by atoms with E-state index in [-0.39, 0.29) is 4.90 Å². The highest BCUT2D eigenvalue weighted by atomic mass is 32.2. The van der Waals surface area contributed by atoms with Crippen LogP contribution in [0, 0.1) is 6.92 Å². The molecule has 6 heteroatoms. The molecule has 0 bridgehead atoms. The van der Waals surface area contributed by atoms with Gasteiger partial charge >= 0.3 is 0 Å². The number of methoxy groups -OCH3 is 1. The molecule has 0 fully saturated rings. The summed E-state index contributed by atoms with van der Waals surface area (Å²) < 4.78 is 38.4. The lowest BCUT2D eigenvalue weighted by molar-refractivity contribution is 0.379. The molecule has 0 aliphatic heterocycles. The van der Waals surface area contributed by atoms with E-state index in [4.69, 9.17) is 9.47 Å². The molecule has 0 aromatic heterocycles. The van der Waals surface area contributed by atoms with Crippen molar-refractivity contribution in [2.75, 3.05) is 11.8 Å². The first kappa shape index (κ1) is 17.8. The lowest BCUT2D eigenvalue weighted by Crippen LogP contribution is -2.12. The Morgan fingerprint density at radius 3 is 2.04 bits per heavy atom. The topological polar surface area (TPSA) is 64.6 Å². The molecule has 0 aliphatic rings. The fourth-order valence-electron chi connectivity index (χ4n) is 2.35. The Hall–Kier alpha value is -2.99. The average Bonchev–Trinajstić information content (AvgIpc) is 2.64. The number of para-hydroxylation sites is 2. The van der Waals surface area contributed by atoms with Crippen molar-refractivity contribution in [3.05, 3.63) is 78.4 Å². The maximum Gasteiger partial charge on any atom is 0.261 e. The van der Waals surface area contributed by atoms with E-state index < -0.39 is 10.0 Å². The van der Waals surface area contributed by atoms with Gasteiger partial charge in [-0.15, -0.1) is 0 Å². The second-order valence-electron chi connectivity index (χ2n) is 5.70. The fraction of sp³-hybridized carbons (Fsp3) is 0.100. The summed E-state index contributed by atoms with van der Waals surface area (Å²) in [5.41, 5.74) is 1.46. The Labute approximate surface area is 153 Å². The lowest BCUT2D eigenvalue weighted by atomic mass is 10.2. The quantitative estimate of drug-likeness (QED) is 0.690. The van der Waals surface area contributed by atoms with Crippen LogP contribution < -0.4 is 14.2 Å². The van der Waals surface area contributed by atoms with E-state index in [0.29, 0.717) is 22.9 Å². The van der Waals surface area contributed by atoms with Crippen molar-refractivity contribution in [1.82, 2.24) is 0 Å². The van der Waals surface area contributed by atoms with Gasteiger partial charge in [0.25, 0.3) is 10.0 Å². The maximum atomic E-state index is 12.4. The van der Waals surface area contributed by atoms with Crippen LogP contribution in [0.5, 0.6) is 17.2 Å². The average molecular weight is 369 g/mol. The van der Waals surface area contributed by atoms with Crippen molar-refractivity contribution >= 4 is 15.7 Å². The van der Waals surface area contributed by atoms with Crippen LogP contribution in [0.2, 0.25) is 0 Å². The molecule has 0 unspecified atom stereocenters. The summed E-state index contributed by atoms with van der Waals surface area (Å²) in [6.07, 6.45) is 0. The van der Waals surface area contributed by atoms with Gasteiger partial charge in [0.05, 0.1) is 12.0 Å². The predicted octanol–water partition coefficient (Wildman–Crippen LogP) is 4.60. The van der Waals surface area contributed by atoms with Crippen LogP contribution in [0.3, 0.4) is 0 Å². The van der Waals surface area contributed by atoms with Crippen LogP contribution in [0.25, 0.3) is 0 Å². The molecule has 0 aliphatic carbocycles. The van der Waals surface area contributed by atoms with E-state index in [2.05, 4.69) is 4.72 Å². The number of rotatable bonds is 6. The molecule has 26 heavy (non-hydrogen) atoms. The van der Waals surface area contributed by atoms with E-state index in [1.807, 2.05) is 19.1 Å². The van der Waals surface area contributed by atoms with Gasteiger partial charge in [-0.25, -0.2) is 8.42 Å². The first-order valence-corrected chi connectivity index (χ1v) is 9.47. The molecule has 3 aromatic rings. The van der Waals surface area contributed by atoms with E-state index in [9.17, 15) is 8.42 Å². The van der Waals surface area contributed by atoms with Gasteiger partial charge in [-0.3, -0.25) is 4.72 Å². The largest absolute Gasteiger partial charge is 0.493 e. The first-order chi connectivity index (χ1) is 12.5. The molecule has 0 saturated heterocycles. The minimum Gasteiger partial charge on any atom is -0.493 e. The minimum absolute atomic E-state index is 0.220. The smallest absolute Gasteiger partial charge is 0.261 e. The molecule has 1 N–H and O–H groups in total. The van der Waals surface area contributed by atoms with Crippen LogP contribution in [0.4, 0.5) is 5.69 Å². The molecule has 0 spiro atoms. The highest BCUT2D eigenvalue weighted by molar-refractivity contribution is 7.92. The van der Waals surface area contributed by atoms with Gasteiger partial charge in [0.15, 0.2) is 11.5 Å². The fourth-order valence-corrected chi connectivity index (χ4v) is 3.41. The predicted molar refractivity (Wildman–Crippen MR) is 101 cm³/mol. The SMILES string of the molecule is COc1ccccc1Oc1ccc(NS(=O)(=O)c2ccc(C)cc2)cc1. The van der Waals surface area contributed by atoms with Crippen molar-refractivity contribution in [2.24, 2.45) is 0 Å². The van der Waals surface area contributed by atoms with Crippen LogP contribution >= 0.6 is 0 Å². The summed E-state index contributed by atoms with van der Waals surface area (Å²) in [6.45, 7) is 1.91. The van der Waals surface area contributed by atoms with Crippen molar-refractivity contribution < 1.29 is 17.9 Å². The van der Waals surface area contributed by atoms with Gasteiger partial charge in [-0.1, -0.05) is 29.8 Å². The van der Waals surface area contributed by atoms with Gasteiger partial charge in [0.1, 0.15) is 5.75 Å². The summed E-state index contributed by atoms with van der Waals surface area (Å²) in [7, 11) is -2.05. The zero-order valence-electron chi connectivity index (χ0n) is 14.5. The molecule has 0 radical (unpaired) electrons. The van der Waals surface area contributed by atoms with Gasteiger partial charge < -0.3 is 9.47 Å². The van der Waals surface area contributed by atoms with Gasteiger partial charge in [-0.05, 0) is 55.5 Å². The third kappa shape index (κ3) is 4.15. The highest BCUT2D eigenvalue weighted by Gasteiger charge is 2.14. The van der Waals surface area contributed by atoms with Gasteiger partial charge in [-0.2, -0.15) is 0 Å². The molecule has 0 atom stereocenters. The van der Waals surface area contributed by atoms with E-state index in [0.717, 1.165) is 5.56 Å². The van der Waals surface area contributed by atoms with Crippen LogP contribution in [-0.4, -0.2) is 15.5 Å². The number of benzene rings is 3. The summed E-state index contributed by atoms with van der Waals surface area (Å²) in [6, 6.07) is 20.7. The van der Waals surface area contributed by atoms with Crippen LogP contribution in [-0.2, 0) is 10.0 Å². The second-order valence-corrected chi connectivity index (χ2v) is 7.38. The van der Waals surface area contributed by atoms with E-state index in [1.165, 1.54) is 0 Å². The van der Waals surface area contributed by atoms with Crippen molar-refractivity contribution in [2.45, 2.75) is 11.8 Å². The van der Waals surface area contributed by atoms with Crippen LogP contribution in [0.15, 0.2) is 77.7 Å². The zero-order valence-corrected chi connectivity index (χ0v) is 15.3. The molecule has 3 aromatic carbocycles. The highest BCUT2D eigenvalue weighted by Crippen LogP contribution is 2.31. The number of sulfonamides is 1. The molecule has 0 amide bonds. The summed E-state index contributed by atoms with van der Waals surface area (Å²) >= 11 is 0. The van der Waals surface area contributed by atoms with Crippen molar-refractivity contribution in [3.63, 3.8) is 0 Å². The Morgan fingerprint density at radius 2 is 1.42 bits per heavy atom. The van der Waals surface area contributed by atoms with Gasteiger partial charge in [0, 0.05) is 5.69 Å². The second kappa shape index (κ2) is 7.49. The number of hydrogen-bond donors (Lipinski definition) is 1. The summed E-state index contributed by atoms with van der Waals surface area (Å²) in [5.74, 6) is 1.78. The number of anilines is 1. The normalized spacial score (nSPS) is 11.0. The Kier molecular flexibility index (Phi) is 5.14. The molecule has 134 valence electrons. The number of ether oxygens (including phenoxy) is 2. The van der Waals surface area contributed by atoms with Crippen molar-refractivity contribution in [3.8, 4) is 17.2 Å². The minimum atomic E-state index is -3.62. The molecular weight excluding hydrogens is 350 g/mol. The zero-order chi connectivity index (χ0) is 18.6. The molecule has 3 rings (SSSR count). The number of hydrogen-bond acceptors (Lipinski definition) is 4. The Bertz CT molecular complexity index is 981. The summed E-state index contributed by atoms with van der Waals surface area (Å²) in [4.78, 5) is 0.220. The van der Waals surface area contributed by atoms with Crippen molar-refractivity contribution in [1.29, 1.82) is 0 Å². The summed E-state index contributed by atoms with van der Waals surface area (Å²) in [5, 5.41) is 0. The maximum absolute atomic E-state index is 12.4. The van der Waals surface area contributed by atoms with Gasteiger partial charge in [0.2, 0.25) is 0 Å².